The molecular formula is C16H31N. The molecule has 0 spiro atoms. The minimum atomic E-state index is 0.477. The molecule has 100 valence electrons. The van der Waals surface area contributed by atoms with Crippen molar-refractivity contribution in [2.75, 3.05) is 0 Å². The summed E-state index contributed by atoms with van der Waals surface area (Å²) in [6.07, 6.45) is 11.1. The first kappa shape index (κ1) is 13.4. The molecule has 2 aliphatic carbocycles. The molecular weight excluding hydrogens is 206 g/mol. The third-order valence-electron chi connectivity index (χ3n) is 6.16. The van der Waals surface area contributed by atoms with Gasteiger partial charge in [0.1, 0.15) is 0 Å². The first-order valence-corrected chi connectivity index (χ1v) is 7.84. The van der Waals surface area contributed by atoms with E-state index in [1.165, 1.54) is 51.4 Å². The van der Waals surface area contributed by atoms with E-state index >= 15 is 0 Å². The molecule has 2 aliphatic rings. The Morgan fingerprint density at radius 2 is 1.76 bits per heavy atom. The van der Waals surface area contributed by atoms with Crippen LogP contribution in [0, 0.1) is 23.2 Å². The number of rotatable bonds is 3. The van der Waals surface area contributed by atoms with Crippen LogP contribution in [0.15, 0.2) is 0 Å². The molecule has 0 heterocycles. The fourth-order valence-corrected chi connectivity index (χ4v) is 4.42. The van der Waals surface area contributed by atoms with Crippen LogP contribution in [0.3, 0.4) is 0 Å². The summed E-state index contributed by atoms with van der Waals surface area (Å²) in [6.45, 7) is 7.20. The lowest BCUT2D eigenvalue weighted by atomic mass is 9.65. The molecule has 2 N–H and O–H groups in total. The summed E-state index contributed by atoms with van der Waals surface area (Å²) in [7, 11) is 0. The molecule has 0 saturated heterocycles. The summed E-state index contributed by atoms with van der Waals surface area (Å²) < 4.78 is 0. The Labute approximate surface area is 108 Å². The van der Waals surface area contributed by atoms with Crippen molar-refractivity contribution < 1.29 is 0 Å². The van der Waals surface area contributed by atoms with Gasteiger partial charge in [0.15, 0.2) is 0 Å². The van der Waals surface area contributed by atoms with Gasteiger partial charge in [0, 0.05) is 6.04 Å². The minimum absolute atomic E-state index is 0.477. The van der Waals surface area contributed by atoms with E-state index in [2.05, 4.69) is 20.8 Å². The van der Waals surface area contributed by atoms with Crippen LogP contribution in [0.2, 0.25) is 0 Å². The molecule has 0 bridgehead atoms. The van der Waals surface area contributed by atoms with Gasteiger partial charge in [-0.15, -0.1) is 0 Å². The van der Waals surface area contributed by atoms with Crippen LogP contribution in [0.5, 0.6) is 0 Å². The van der Waals surface area contributed by atoms with Crippen molar-refractivity contribution in [3.63, 3.8) is 0 Å². The molecule has 2 saturated carbocycles. The molecule has 4 unspecified atom stereocenters. The Balaban J connectivity index is 2.01. The van der Waals surface area contributed by atoms with Crippen molar-refractivity contribution in [1.82, 2.24) is 0 Å². The van der Waals surface area contributed by atoms with Crippen molar-refractivity contribution in [2.24, 2.45) is 28.9 Å². The normalized spacial score (nSPS) is 39.2. The quantitative estimate of drug-likeness (QED) is 0.775. The first-order valence-electron chi connectivity index (χ1n) is 7.84. The Kier molecular flexibility index (Phi) is 4.18. The van der Waals surface area contributed by atoms with E-state index in [1.807, 2.05) is 0 Å². The summed E-state index contributed by atoms with van der Waals surface area (Å²) in [5.41, 5.74) is 7.21. The predicted molar refractivity (Wildman–Crippen MR) is 74.8 cm³/mol. The molecule has 0 aromatic carbocycles. The number of nitrogens with two attached hydrogens (primary N) is 1. The second-order valence-corrected chi connectivity index (χ2v) is 6.98. The van der Waals surface area contributed by atoms with Gasteiger partial charge in [0.05, 0.1) is 0 Å². The van der Waals surface area contributed by atoms with E-state index in [0.717, 1.165) is 17.8 Å². The van der Waals surface area contributed by atoms with Gasteiger partial charge in [0.25, 0.3) is 0 Å². The first-order chi connectivity index (χ1) is 8.09. The summed E-state index contributed by atoms with van der Waals surface area (Å²) >= 11 is 0. The number of hydrogen-bond acceptors (Lipinski definition) is 1. The van der Waals surface area contributed by atoms with Gasteiger partial charge in [-0.2, -0.15) is 0 Å². The van der Waals surface area contributed by atoms with Gasteiger partial charge in [-0.25, -0.2) is 0 Å². The Bertz CT molecular complexity index is 242. The van der Waals surface area contributed by atoms with Crippen molar-refractivity contribution in [3.05, 3.63) is 0 Å². The van der Waals surface area contributed by atoms with Crippen molar-refractivity contribution in [3.8, 4) is 0 Å². The molecule has 0 aromatic rings. The zero-order valence-electron chi connectivity index (χ0n) is 12.0. The fourth-order valence-electron chi connectivity index (χ4n) is 4.42. The maximum absolute atomic E-state index is 6.71. The molecule has 0 radical (unpaired) electrons. The average molecular weight is 237 g/mol. The van der Waals surface area contributed by atoms with E-state index in [1.54, 1.807) is 0 Å². The SMILES string of the molecule is CCC1(C(N)C2CCC(C)C(C)C2)CCCC1. The molecule has 1 nitrogen and oxygen atoms in total. The Morgan fingerprint density at radius 1 is 1.12 bits per heavy atom. The van der Waals surface area contributed by atoms with Crippen LogP contribution in [0.1, 0.15) is 72.1 Å². The van der Waals surface area contributed by atoms with Gasteiger partial charge >= 0.3 is 0 Å². The van der Waals surface area contributed by atoms with Crippen LogP contribution < -0.4 is 5.73 Å². The fraction of sp³-hybridized carbons (Fsp3) is 1.00. The van der Waals surface area contributed by atoms with Crippen LogP contribution in [-0.4, -0.2) is 6.04 Å². The van der Waals surface area contributed by atoms with Crippen LogP contribution >= 0.6 is 0 Å². The Morgan fingerprint density at radius 3 is 2.29 bits per heavy atom. The molecule has 0 aliphatic heterocycles. The zero-order valence-corrected chi connectivity index (χ0v) is 12.0. The lowest BCUT2D eigenvalue weighted by Gasteiger charge is -2.43. The second kappa shape index (κ2) is 5.30. The molecule has 17 heavy (non-hydrogen) atoms. The van der Waals surface area contributed by atoms with E-state index in [-0.39, 0.29) is 0 Å². The van der Waals surface area contributed by atoms with Gasteiger partial charge in [-0.3, -0.25) is 0 Å². The zero-order chi connectivity index (χ0) is 12.5. The molecule has 2 rings (SSSR count). The van der Waals surface area contributed by atoms with Gasteiger partial charge in [-0.05, 0) is 55.3 Å². The van der Waals surface area contributed by atoms with Crippen molar-refractivity contribution in [2.45, 2.75) is 78.2 Å². The average Bonchev–Trinajstić information content (AvgIpc) is 2.81. The third kappa shape index (κ3) is 2.54. The van der Waals surface area contributed by atoms with Crippen molar-refractivity contribution in [1.29, 1.82) is 0 Å². The molecule has 0 amide bonds. The summed E-state index contributed by atoms with van der Waals surface area (Å²) in [6, 6.07) is 0.477. The minimum Gasteiger partial charge on any atom is -0.327 e. The highest BCUT2D eigenvalue weighted by Gasteiger charge is 2.42. The Hall–Kier alpha value is -0.0400. The summed E-state index contributed by atoms with van der Waals surface area (Å²) in [4.78, 5) is 0. The largest absolute Gasteiger partial charge is 0.327 e. The van der Waals surface area contributed by atoms with Crippen molar-refractivity contribution >= 4 is 0 Å². The molecule has 0 aromatic heterocycles. The van der Waals surface area contributed by atoms with Gasteiger partial charge in [-0.1, -0.05) is 40.0 Å². The van der Waals surface area contributed by atoms with E-state index < -0.39 is 0 Å². The smallest absolute Gasteiger partial charge is 0.0124 e. The van der Waals surface area contributed by atoms with E-state index in [4.69, 9.17) is 5.73 Å². The lowest BCUT2D eigenvalue weighted by molar-refractivity contribution is 0.103. The maximum atomic E-state index is 6.71. The van der Waals surface area contributed by atoms with Crippen LogP contribution in [0.25, 0.3) is 0 Å². The third-order valence-corrected chi connectivity index (χ3v) is 6.16. The second-order valence-electron chi connectivity index (χ2n) is 6.98. The highest BCUT2D eigenvalue weighted by atomic mass is 14.7. The topological polar surface area (TPSA) is 26.0 Å². The highest BCUT2D eigenvalue weighted by Crippen LogP contribution is 2.48. The summed E-state index contributed by atoms with van der Waals surface area (Å²) in [5.74, 6) is 2.61. The van der Waals surface area contributed by atoms with E-state index in [0.29, 0.717) is 11.5 Å². The lowest BCUT2D eigenvalue weighted by Crippen LogP contribution is -2.47. The highest BCUT2D eigenvalue weighted by molar-refractivity contribution is 4.97. The number of hydrogen-bond donors (Lipinski definition) is 1. The van der Waals surface area contributed by atoms with Gasteiger partial charge < -0.3 is 5.73 Å². The summed E-state index contributed by atoms with van der Waals surface area (Å²) in [5, 5.41) is 0. The molecule has 4 atom stereocenters. The van der Waals surface area contributed by atoms with Crippen LogP contribution in [-0.2, 0) is 0 Å². The van der Waals surface area contributed by atoms with Gasteiger partial charge in [0.2, 0.25) is 0 Å². The molecule has 2 fully saturated rings. The standard InChI is InChI=1S/C16H31N/c1-4-16(9-5-6-10-16)15(17)14-8-7-12(2)13(3)11-14/h12-15H,4-11,17H2,1-3H3. The molecule has 1 heteroatoms. The van der Waals surface area contributed by atoms with Crippen LogP contribution in [0.4, 0.5) is 0 Å². The monoisotopic (exact) mass is 237 g/mol. The predicted octanol–water partition coefficient (Wildman–Crippen LogP) is 4.36. The maximum Gasteiger partial charge on any atom is 0.0124 e. The van der Waals surface area contributed by atoms with E-state index in [9.17, 15) is 0 Å².